The normalized spacial score (nSPS) is 13.4. The number of ether oxygens (including phenoxy) is 1. The maximum atomic E-state index is 11.0. The Hall–Kier alpha value is -1.35. The molecule has 0 amide bonds. The third kappa shape index (κ3) is 12.1. The van der Waals surface area contributed by atoms with Crippen molar-refractivity contribution in [2.75, 3.05) is 13.2 Å². The molecule has 0 aliphatic heterocycles. The molecular weight excluding hydrogens is 264 g/mol. The SMILES string of the molecule is C=CCOCC(=C)CCC(CCC(C)CC=C)CC(=O)O. The number of allylic oxidation sites excluding steroid dienone is 1. The van der Waals surface area contributed by atoms with Crippen LogP contribution >= 0.6 is 0 Å². The Morgan fingerprint density at radius 1 is 1.24 bits per heavy atom. The number of hydrogen-bond donors (Lipinski definition) is 1. The third-order valence-corrected chi connectivity index (χ3v) is 3.55. The van der Waals surface area contributed by atoms with Crippen LogP contribution in [0.25, 0.3) is 0 Å². The summed E-state index contributed by atoms with van der Waals surface area (Å²) in [5.74, 6) is 0.0636. The lowest BCUT2D eigenvalue weighted by Gasteiger charge is -2.18. The summed E-state index contributed by atoms with van der Waals surface area (Å²) >= 11 is 0. The molecule has 0 aromatic rings. The molecule has 0 aliphatic carbocycles. The van der Waals surface area contributed by atoms with E-state index in [1.54, 1.807) is 6.08 Å². The van der Waals surface area contributed by atoms with Crippen molar-refractivity contribution in [3.05, 3.63) is 37.5 Å². The van der Waals surface area contributed by atoms with E-state index >= 15 is 0 Å². The quantitative estimate of drug-likeness (QED) is 0.376. The van der Waals surface area contributed by atoms with E-state index in [1.165, 1.54) is 0 Å². The van der Waals surface area contributed by atoms with Gasteiger partial charge >= 0.3 is 5.97 Å². The second-order valence-electron chi connectivity index (χ2n) is 5.76. The van der Waals surface area contributed by atoms with Gasteiger partial charge in [-0.1, -0.05) is 37.6 Å². The van der Waals surface area contributed by atoms with Crippen LogP contribution in [-0.4, -0.2) is 24.3 Å². The molecule has 0 saturated carbocycles. The second kappa shape index (κ2) is 12.4. The van der Waals surface area contributed by atoms with Gasteiger partial charge in [0.1, 0.15) is 0 Å². The van der Waals surface area contributed by atoms with Crippen LogP contribution in [0.1, 0.15) is 45.4 Å². The van der Waals surface area contributed by atoms with Gasteiger partial charge in [-0.3, -0.25) is 4.79 Å². The molecule has 3 heteroatoms. The number of hydrogen-bond acceptors (Lipinski definition) is 2. The molecule has 0 fully saturated rings. The smallest absolute Gasteiger partial charge is 0.303 e. The fourth-order valence-electron chi connectivity index (χ4n) is 2.29. The fourth-order valence-corrected chi connectivity index (χ4v) is 2.29. The maximum Gasteiger partial charge on any atom is 0.303 e. The zero-order chi connectivity index (χ0) is 16.1. The lowest BCUT2D eigenvalue weighted by atomic mass is 9.89. The van der Waals surface area contributed by atoms with Gasteiger partial charge in [0.15, 0.2) is 0 Å². The van der Waals surface area contributed by atoms with Gasteiger partial charge in [0.2, 0.25) is 0 Å². The summed E-state index contributed by atoms with van der Waals surface area (Å²) in [5, 5.41) is 9.02. The largest absolute Gasteiger partial charge is 0.481 e. The second-order valence-corrected chi connectivity index (χ2v) is 5.76. The molecule has 0 aliphatic rings. The predicted molar refractivity (Wildman–Crippen MR) is 88.3 cm³/mol. The number of rotatable bonds is 14. The molecule has 0 bridgehead atoms. The summed E-state index contributed by atoms with van der Waals surface area (Å²) in [6, 6.07) is 0. The average molecular weight is 294 g/mol. The predicted octanol–water partition coefficient (Wildman–Crippen LogP) is 4.61. The lowest BCUT2D eigenvalue weighted by Crippen LogP contribution is -2.10. The van der Waals surface area contributed by atoms with Gasteiger partial charge in [0.05, 0.1) is 13.2 Å². The highest BCUT2D eigenvalue weighted by Gasteiger charge is 2.15. The Labute approximate surface area is 129 Å². The van der Waals surface area contributed by atoms with Gasteiger partial charge in [-0.2, -0.15) is 0 Å². The topological polar surface area (TPSA) is 46.5 Å². The Bertz CT molecular complexity index is 333. The summed E-state index contributed by atoms with van der Waals surface area (Å²) in [6.45, 7) is 14.6. The molecule has 0 spiro atoms. The Morgan fingerprint density at radius 2 is 1.95 bits per heavy atom. The number of carbonyl (C=O) groups is 1. The van der Waals surface area contributed by atoms with Gasteiger partial charge in [-0.15, -0.1) is 13.2 Å². The summed E-state index contributed by atoms with van der Waals surface area (Å²) in [6.07, 6.45) is 8.54. The van der Waals surface area contributed by atoms with Gasteiger partial charge in [-0.05, 0) is 37.5 Å². The van der Waals surface area contributed by atoms with Crippen molar-refractivity contribution in [3.8, 4) is 0 Å². The molecule has 21 heavy (non-hydrogen) atoms. The summed E-state index contributed by atoms with van der Waals surface area (Å²) in [7, 11) is 0. The first kappa shape index (κ1) is 19.7. The average Bonchev–Trinajstić information content (AvgIpc) is 2.42. The minimum atomic E-state index is -0.718. The first-order chi connectivity index (χ1) is 9.99. The highest BCUT2D eigenvalue weighted by Crippen LogP contribution is 2.23. The number of carboxylic acid groups (broad SMARTS) is 1. The van der Waals surface area contributed by atoms with Gasteiger partial charge in [0.25, 0.3) is 0 Å². The van der Waals surface area contributed by atoms with E-state index in [1.807, 2.05) is 6.08 Å². The highest BCUT2D eigenvalue weighted by atomic mass is 16.5. The minimum absolute atomic E-state index is 0.214. The standard InChI is InChI=1S/C18H30O3/c1-5-7-15(3)8-10-17(13-18(19)20)11-9-16(4)14-21-12-6-2/h5-6,15,17H,1-2,4,7-14H2,3H3,(H,19,20). The first-order valence-electron chi connectivity index (χ1n) is 7.67. The Morgan fingerprint density at radius 3 is 2.52 bits per heavy atom. The zero-order valence-electron chi connectivity index (χ0n) is 13.4. The van der Waals surface area contributed by atoms with Crippen LogP contribution in [0.5, 0.6) is 0 Å². The van der Waals surface area contributed by atoms with Crippen LogP contribution in [-0.2, 0) is 9.53 Å². The van der Waals surface area contributed by atoms with E-state index in [9.17, 15) is 4.79 Å². The molecule has 0 radical (unpaired) electrons. The van der Waals surface area contributed by atoms with Crippen molar-refractivity contribution in [2.24, 2.45) is 11.8 Å². The minimum Gasteiger partial charge on any atom is -0.481 e. The fraction of sp³-hybridized carbons (Fsp3) is 0.611. The van der Waals surface area contributed by atoms with E-state index in [4.69, 9.17) is 9.84 Å². The zero-order valence-corrected chi connectivity index (χ0v) is 13.4. The number of aliphatic carboxylic acids is 1. The van der Waals surface area contributed by atoms with Crippen LogP contribution < -0.4 is 0 Å². The van der Waals surface area contributed by atoms with E-state index in [-0.39, 0.29) is 12.3 Å². The molecule has 0 saturated heterocycles. The first-order valence-corrected chi connectivity index (χ1v) is 7.67. The van der Waals surface area contributed by atoms with Crippen LogP contribution in [0.3, 0.4) is 0 Å². The van der Waals surface area contributed by atoms with Gasteiger partial charge in [0, 0.05) is 6.42 Å². The third-order valence-electron chi connectivity index (χ3n) is 3.55. The molecule has 2 unspecified atom stereocenters. The van der Waals surface area contributed by atoms with E-state index in [0.29, 0.717) is 19.1 Å². The Kier molecular flexibility index (Phi) is 11.6. The molecule has 120 valence electrons. The Balaban J connectivity index is 4.10. The summed E-state index contributed by atoms with van der Waals surface area (Å²) in [4.78, 5) is 11.0. The molecule has 0 heterocycles. The van der Waals surface area contributed by atoms with Crippen molar-refractivity contribution in [2.45, 2.75) is 45.4 Å². The van der Waals surface area contributed by atoms with Crippen molar-refractivity contribution in [3.63, 3.8) is 0 Å². The van der Waals surface area contributed by atoms with Crippen LogP contribution in [0.2, 0.25) is 0 Å². The molecule has 0 aromatic carbocycles. The van der Waals surface area contributed by atoms with Crippen LogP contribution in [0, 0.1) is 11.8 Å². The summed E-state index contributed by atoms with van der Waals surface area (Å²) < 4.78 is 5.34. The molecular formula is C18H30O3. The van der Waals surface area contributed by atoms with Crippen molar-refractivity contribution >= 4 is 5.97 Å². The molecule has 1 N–H and O–H groups in total. The van der Waals surface area contributed by atoms with Crippen molar-refractivity contribution < 1.29 is 14.6 Å². The van der Waals surface area contributed by atoms with Gasteiger partial charge in [-0.25, -0.2) is 0 Å². The molecule has 3 nitrogen and oxygen atoms in total. The molecule has 2 atom stereocenters. The van der Waals surface area contributed by atoms with Crippen molar-refractivity contribution in [1.82, 2.24) is 0 Å². The monoisotopic (exact) mass is 294 g/mol. The van der Waals surface area contributed by atoms with E-state index in [0.717, 1.165) is 37.7 Å². The maximum absolute atomic E-state index is 11.0. The van der Waals surface area contributed by atoms with Crippen LogP contribution in [0.15, 0.2) is 37.5 Å². The lowest BCUT2D eigenvalue weighted by molar-refractivity contribution is -0.138. The molecule has 0 aromatic heterocycles. The van der Waals surface area contributed by atoms with E-state index in [2.05, 4.69) is 26.7 Å². The van der Waals surface area contributed by atoms with E-state index < -0.39 is 5.97 Å². The molecule has 0 rings (SSSR count). The summed E-state index contributed by atoms with van der Waals surface area (Å²) in [5.41, 5.74) is 1.02. The van der Waals surface area contributed by atoms with Crippen molar-refractivity contribution in [1.29, 1.82) is 0 Å². The van der Waals surface area contributed by atoms with Gasteiger partial charge < -0.3 is 9.84 Å². The number of carboxylic acids is 1. The highest BCUT2D eigenvalue weighted by molar-refractivity contribution is 5.67. The van der Waals surface area contributed by atoms with Crippen LogP contribution in [0.4, 0.5) is 0 Å².